The van der Waals surface area contributed by atoms with Gasteiger partial charge in [0.05, 0.1) is 5.52 Å². The molecule has 0 radical (unpaired) electrons. The van der Waals surface area contributed by atoms with Gasteiger partial charge >= 0.3 is 15.5 Å². The largest absolute Gasteiger partial charge is 0.511 e. The van der Waals surface area contributed by atoms with Crippen molar-refractivity contribution in [2.24, 2.45) is 0 Å². The molecule has 1 amide bonds. The smallest absolute Gasteiger partial charge is 0.333 e. The van der Waals surface area contributed by atoms with E-state index in [4.69, 9.17) is 0 Å². The second-order valence-corrected chi connectivity index (χ2v) is 9.15. The minimum absolute atomic E-state index is 0.167. The lowest BCUT2D eigenvalue weighted by Crippen LogP contribution is -2.51. The van der Waals surface area contributed by atoms with Crippen LogP contribution in [0.3, 0.4) is 0 Å². The first-order valence-electron chi connectivity index (χ1n) is 8.52. The number of carbonyl (C=O) groups excluding carboxylic acids is 1. The van der Waals surface area contributed by atoms with Gasteiger partial charge in [0.15, 0.2) is 0 Å². The number of rotatable bonds is 4. The Kier molecular flexibility index (Phi) is 5.97. The van der Waals surface area contributed by atoms with Crippen molar-refractivity contribution < 1.29 is 26.4 Å². The topological polar surface area (TPSA) is 79.4 Å². The zero-order valence-electron chi connectivity index (χ0n) is 14.5. The normalized spacial score (nSPS) is 18.4. The molecule has 1 fully saturated rings. The van der Waals surface area contributed by atoms with Gasteiger partial charge in [0.2, 0.25) is 0 Å². The second-order valence-electron chi connectivity index (χ2n) is 6.48. The number of sulfonamides is 1. The number of benzene rings is 1. The Morgan fingerprint density at radius 3 is 2.71 bits per heavy atom. The third kappa shape index (κ3) is 4.47. The Labute approximate surface area is 168 Å². The summed E-state index contributed by atoms with van der Waals surface area (Å²) < 4.78 is 62.6. The molecule has 28 heavy (non-hydrogen) atoms. The molecule has 2 aromatic rings. The molecule has 6 nitrogen and oxygen atoms in total. The number of hydrogen-bond acceptors (Lipinski definition) is 4. The van der Waals surface area contributed by atoms with E-state index in [1.807, 2.05) is 6.07 Å². The van der Waals surface area contributed by atoms with Gasteiger partial charge in [0, 0.05) is 29.0 Å². The van der Waals surface area contributed by atoms with Crippen LogP contribution in [0, 0.1) is 0 Å². The number of fused-ring (bicyclic) bond motifs is 1. The summed E-state index contributed by atoms with van der Waals surface area (Å²) in [5.74, 6) is -0.430. The molecular formula is C17H17BrF3N3O3S. The van der Waals surface area contributed by atoms with Crippen LogP contribution in [0.15, 0.2) is 34.8 Å². The molecule has 0 saturated carbocycles. The molecule has 3 rings (SSSR count). The first-order chi connectivity index (χ1) is 13.1. The van der Waals surface area contributed by atoms with Crippen molar-refractivity contribution in [1.82, 2.24) is 14.6 Å². The quantitative estimate of drug-likeness (QED) is 0.728. The number of nitrogens with zero attached hydrogens (tertiary/aromatic N) is 2. The van der Waals surface area contributed by atoms with Crippen LogP contribution in [-0.4, -0.2) is 48.8 Å². The molecule has 1 N–H and O–H groups in total. The SMILES string of the molecule is O=C(c1ccc2cc(Br)ccc2n1)N1CCCCC1CNS(=O)(=O)C(F)(F)F. The molecule has 0 aliphatic carbocycles. The van der Waals surface area contributed by atoms with Crippen molar-refractivity contribution in [3.05, 3.63) is 40.5 Å². The highest BCUT2D eigenvalue weighted by Crippen LogP contribution is 2.24. The molecule has 152 valence electrons. The van der Waals surface area contributed by atoms with Gasteiger partial charge in [-0.1, -0.05) is 22.0 Å². The maximum atomic E-state index is 12.9. The van der Waals surface area contributed by atoms with Crippen LogP contribution in [0.1, 0.15) is 29.8 Å². The summed E-state index contributed by atoms with van der Waals surface area (Å²) in [6.45, 7) is -0.161. The molecule has 1 aromatic carbocycles. The number of nitrogens with one attached hydrogen (secondary N) is 1. The Morgan fingerprint density at radius 2 is 2.00 bits per heavy atom. The first kappa shape index (κ1) is 21.0. The number of amides is 1. The van der Waals surface area contributed by atoms with E-state index in [0.717, 1.165) is 9.86 Å². The standard InChI is InChI=1S/C17H17BrF3N3O3S/c18-12-5-7-14-11(9-12)4-6-15(23-14)16(25)24-8-2-1-3-13(24)10-22-28(26,27)17(19,20)21/h4-7,9,13,22H,1-3,8,10H2. The van der Waals surface area contributed by atoms with Gasteiger partial charge < -0.3 is 4.90 Å². The predicted molar refractivity (Wildman–Crippen MR) is 101 cm³/mol. The highest BCUT2D eigenvalue weighted by Gasteiger charge is 2.46. The number of carbonyl (C=O) groups is 1. The molecule has 1 aliphatic rings. The second kappa shape index (κ2) is 7.96. The van der Waals surface area contributed by atoms with E-state index in [0.29, 0.717) is 31.3 Å². The molecule has 0 spiro atoms. The molecule has 1 aliphatic heterocycles. The average molecular weight is 480 g/mol. The Bertz CT molecular complexity index is 998. The number of aromatic nitrogens is 1. The van der Waals surface area contributed by atoms with Crippen LogP contribution < -0.4 is 4.72 Å². The van der Waals surface area contributed by atoms with Gasteiger partial charge in [-0.25, -0.2) is 18.1 Å². The van der Waals surface area contributed by atoms with E-state index in [9.17, 15) is 26.4 Å². The molecular weight excluding hydrogens is 463 g/mol. The maximum Gasteiger partial charge on any atom is 0.511 e. The number of pyridine rings is 1. The van der Waals surface area contributed by atoms with Crippen LogP contribution in [0.4, 0.5) is 13.2 Å². The lowest BCUT2D eigenvalue weighted by atomic mass is 10.0. The van der Waals surface area contributed by atoms with E-state index in [1.54, 1.807) is 29.0 Å². The number of likely N-dealkylation sites (tertiary alicyclic amines) is 1. The molecule has 11 heteroatoms. The van der Waals surface area contributed by atoms with Gasteiger partial charge in [-0.15, -0.1) is 0 Å². The van der Waals surface area contributed by atoms with E-state index in [-0.39, 0.29) is 5.69 Å². The van der Waals surface area contributed by atoms with Gasteiger partial charge in [-0.05, 0) is 43.5 Å². The van der Waals surface area contributed by atoms with Crippen molar-refractivity contribution in [2.75, 3.05) is 13.1 Å². The summed E-state index contributed by atoms with van der Waals surface area (Å²) in [6.07, 6.45) is 1.79. The molecule has 2 heterocycles. The van der Waals surface area contributed by atoms with E-state index < -0.39 is 34.0 Å². The van der Waals surface area contributed by atoms with E-state index in [1.165, 1.54) is 4.90 Å². The lowest BCUT2D eigenvalue weighted by molar-refractivity contribution is -0.0449. The highest BCUT2D eigenvalue weighted by atomic mass is 79.9. The molecule has 1 saturated heterocycles. The van der Waals surface area contributed by atoms with Crippen molar-refractivity contribution >= 4 is 42.8 Å². The fourth-order valence-corrected chi connectivity index (χ4v) is 4.08. The minimum Gasteiger partial charge on any atom is -0.333 e. The summed E-state index contributed by atoms with van der Waals surface area (Å²) >= 11 is 3.36. The number of piperidine rings is 1. The van der Waals surface area contributed by atoms with Crippen LogP contribution in [0.25, 0.3) is 10.9 Å². The van der Waals surface area contributed by atoms with E-state index >= 15 is 0 Å². The third-order valence-electron chi connectivity index (χ3n) is 4.57. The van der Waals surface area contributed by atoms with Crippen molar-refractivity contribution in [3.63, 3.8) is 0 Å². The molecule has 1 aromatic heterocycles. The maximum absolute atomic E-state index is 12.9. The Balaban J connectivity index is 1.79. The fraction of sp³-hybridized carbons (Fsp3) is 0.412. The van der Waals surface area contributed by atoms with Crippen LogP contribution in [0.2, 0.25) is 0 Å². The van der Waals surface area contributed by atoms with Crippen molar-refractivity contribution in [3.8, 4) is 0 Å². The number of hydrogen-bond donors (Lipinski definition) is 1. The van der Waals surface area contributed by atoms with Crippen LogP contribution >= 0.6 is 15.9 Å². The zero-order valence-corrected chi connectivity index (χ0v) is 16.9. The average Bonchev–Trinajstić information content (AvgIpc) is 2.64. The Morgan fingerprint density at radius 1 is 1.25 bits per heavy atom. The van der Waals surface area contributed by atoms with E-state index in [2.05, 4.69) is 20.9 Å². The van der Waals surface area contributed by atoms with Gasteiger partial charge in [-0.3, -0.25) is 4.79 Å². The van der Waals surface area contributed by atoms with Gasteiger partial charge in [0.25, 0.3) is 5.91 Å². The lowest BCUT2D eigenvalue weighted by Gasteiger charge is -2.35. The molecule has 1 atom stereocenters. The van der Waals surface area contributed by atoms with Gasteiger partial charge in [0.1, 0.15) is 5.69 Å². The van der Waals surface area contributed by atoms with Crippen LogP contribution in [-0.2, 0) is 10.0 Å². The summed E-state index contributed by atoms with van der Waals surface area (Å²) in [5.41, 5.74) is -4.61. The van der Waals surface area contributed by atoms with Crippen molar-refractivity contribution in [2.45, 2.75) is 30.8 Å². The summed E-state index contributed by atoms with van der Waals surface area (Å²) in [5, 5.41) is 0.832. The van der Waals surface area contributed by atoms with Crippen LogP contribution in [0.5, 0.6) is 0 Å². The zero-order chi connectivity index (χ0) is 20.5. The minimum atomic E-state index is -5.45. The first-order valence-corrected chi connectivity index (χ1v) is 10.8. The molecule has 1 unspecified atom stereocenters. The predicted octanol–water partition coefficient (Wildman–Crippen LogP) is 3.43. The number of halogens is 4. The van der Waals surface area contributed by atoms with Gasteiger partial charge in [-0.2, -0.15) is 13.2 Å². The highest BCUT2D eigenvalue weighted by molar-refractivity contribution is 9.10. The summed E-state index contributed by atoms with van der Waals surface area (Å²) in [6, 6.07) is 8.03. The van der Waals surface area contributed by atoms with Crippen molar-refractivity contribution in [1.29, 1.82) is 0 Å². The third-order valence-corrected chi connectivity index (χ3v) is 6.22. The monoisotopic (exact) mass is 479 g/mol. The fourth-order valence-electron chi connectivity index (χ4n) is 3.13. The summed E-state index contributed by atoms with van der Waals surface area (Å²) in [4.78, 5) is 18.6. The molecule has 0 bridgehead atoms. The Hall–Kier alpha value is -1.72. The summed E-state index contributed by atoms with van der Waals surface area (Å²) in [7, 11) is -5.45. The number of alkyl halides is 3.